The maximum atomic E-state index is 6.68. The highest BCUT2D eigenvalue weighted by Crippen LogP contribution is 2.92. The number of ether oxygens (including phenoxy) is 1. The third-order valence-corrected chi connectivity index (χ3v) is 9.96. The zero-order chi connectivity index (χ0) is 22.9. The minimum Gasteiger partial charge on any atom is -0.436 e. The molecule has 2 aromatic carbocycles. The Labute approximate surface area is 208 Å². The highest BCUT2D eigenvalue weighted by Gasteiger charge is 2.87. The zero-order valence-electron chi connectivity index (χ0n) is 18.8. The van der Waals surface area contributed by atoms with Crippen molar-refractivity contribution in [2.75, 3.05) is 12.4 Å². The summed E-state index contributed by atoms with van der Waals surface area (Å²) < 4.78 is 11.2. The molecule has 3 aromatic rings. The third-order valence-electron chi connectivity index (χ3n) is 8.87. The van der Waals surface area contributed by atoms with Crippen LogP contribution in [-0.2, 0) is 9.70 Å². The van der Waals surface area contributed by atoms with Gasteiger partial charge in [0, 0.05) is 12.5 Å². The first-order valence-electron chi connectivity index (χ1n) is 11.8. The van der Waals surface area contributed by atoms with Crippen LogP contribution in [0, 0.1) is 23.2 Å². The van der Waals surface area contributed by atoms with Gasteiger partial charge in [0.1, 0.15) is 11.6 Å². The molecule has 4 saturated carbocycles. The van der Waals surface area contributed by atoms with Gasteiger partial charge in [-0.1, -0.05) is 29.8 Å². The van der Waals surface area contributed by atoms with Crippen molar-refractivity contribution in [1.82, 2.24) is 15.4 Å². The van der Waals surface area contributed by atoms with Crippen LogP contribution in [0.5, 0.6) is 11.6 Å². The molecule has 0 bridgehead atoms. The van der Waals surface area contributed by atoms with Gasteiger partial charge < -0.3 is 10.1 Å². The highest BCUT2D eigenvalue weighted by molar-refractivity contribution is 7.94. The Kier molecular flexibility index (Phi) is 4.69. The van der Waals surface area contributed by atoms with Gasteiger partial charge in [-0.2, -0.15) is 5.48 Å². The molecule has 8 heteroatoms. The number of hydroxylamine groups is 1. The van der Waals surface area contributed by atoms with E-state index in [0.29, 0.717) is 33.3 Å². The normalized spacial score (nSPS) is 31.6. The van der Waals surface area contributed by atoms with Crippen molar-refractivity contribution in [2.24, 2.45) is 23.2 Å². The Hall–Kier alpha value is -2.32. The van der Waals surface area contributed by atoms with Gasteiger partial charge in [0.15, 0.2) is 0 Å². The van der Waals surface area contributed by atoms with Crippen molar-refractivity contribution in [3.05, 3.63) is 65.4 Å². The van der Waals surface area contributed by atoms with Crippen molar-refractivity contribution >= 4 is 35.1 Å². The van der Waals surface area contributed by atoms with E-state index >= 15 is 0 Å². The molecule has 4 aliphatic carbocycles. The maximum absolute atomic E-state index is 6.68. The Bertz CT molecular complexity index is 1240. The molecule has 0 saturated heterocycles. The lowest BCUT2D eigenvalue weighted by Crippen LogP contribution is -2.87. The summed E-state index contributed by atoms with van der Waals surface area (Å²) in [5, 5.41) is 3.91. The summed E-state index contributed by atoms with van der Waals surface area (Å²) in [4.78, 5) is 9.79. The van der Waals surface area contributed by atoms with Crippen molar-refractivity contribution in [3.8, 4) is 11.6 Å². The number of hydrogen-bond donors (Lipinski definition) is 2. The van der Waals surface area contributed by atoms with Gasteiger partial charge in [0.05, 0.1) is 40.0 Å². The molecule has 4 fully saturated rings. The van der Waals surface area contributed by atoms with E-state index in [-0.39, 0.29) is 0 Å². The van der Waals surface area contributed by atoms with Gasteiger partial charge in [-0.15, -0.1) is 0 Å². The fourth-order valence-corrected chi connectivity index (χ4v) is 8.45. The van der Waals surface area contributed by atoms with Gasteiger partial charge in [-0.3, -0.25) is 0 Å². The first kappa shape index (κ1) is 21.0. The number of para-hydroxylation sites is 1. The minimum atomic E-state index is 0.394. The molecule has 2 atom stereocenters. The van der Waals surface area contributed by atoms with E-state index in [4.69, 9.17) is 20.6 Å². The smallest absolute Gasteiger partial charge is 0.238 e. The van der Waals surface area contributed by atoms with E-state index in [2.05, 4.69) is 32.9 Å². The average molecular weight is 493 g/mol. The minimum absolute atomic E-state index is 0.394. The molecule has 6 nitrogen and oxygen atoms in total. The lowest BCUT2D eigenvalue weighted by atomic mass is 9.12. The largest absolute Gasteiger partial charge is 0.436 e. The molecule has 0 aliphatic heterocycles. The van der Waals surface area contributed by atoms with Crippen LogP contribution in [0.2, 0.25) is 5.02 Å². The molecular weight excluding hydrogens is 468 g/mol. The molecule has 2 unspecified atom stereocenters. The number of aromatic nitrogens is 2. The van der Waals surface area contributed by atoms with Gasteiger partial charge in [-0.25, -0.2) is 14.3 Å². The van der Waals surface area contributed by atoms with Crippen molar-refractivity contribution in [1.29, 1.82) is 0 Å². The van der Waals surface area contributed by atoms with Gasteiger partial charge in [0.2, 0.25) is 5.88 Å². The summed E-state index contributed by atoms with van der Waals surface area (Å²) in [6, 6.07) is 14.2. The van der Waals surface area contributed by atoms with Crippen LogP contribution >= 0.6 is 23.6 Å². The molecule has 174 valence electrons. The Morgan fingerprint density at radius 2 is 1.85 bits per heavy atom. The van der Waals surface area contributed by atoms with Crippen molar-refractivity contribution < 1.29 is 9.02 Å². The first-order valence-corrected chi connectivity index (χ1v) is 12.9. The highest BCUT2D eigenvalue weighted by atomic mass is 35.5. The summed E-state index contributed by atoms with van der Waals surface area (Å²) in [6.45, 7) is 0. The number of nitrogens with zero attached hydrogens (tertiary/aromatic N) is 2. The molecule has 0 radical (unpaired) electrons. The van der Waals surface area contributed by atoms with Crippen molar-refractivity contribution in [2.45, 2.75) is 36.0 Å². The number of hydrogen-bond acceptors (Lipinski definition) is 7. The van der Waals surface area contributed by atoms with Crippen molar-refractivity contribution in [3.63, 3.8) is 0 Å². The topological polar surface area (TPSA) is 68.3 Å². The predicted molar refractivity (Wildman–Crippen MR) is 132 cm³/mol. The molecule has 34 heavy (non-hydrogen) atoms. The molecule has 0 amide bonds. The number of benzene rings is 2. The Morgan fingerprint density at radius 1 is 1.03 bits per heavy atom. The summed E-state index contributed by atoms with van der Waals surface area (Å²) in [7, 11) is 1.72. The van der Waals surface area contributed by atoms with Crippen LogP contribution < -0.4 is 15.5 Å². The van der Waals surface area contributed by atoms with Crippen LogP contribution in [0.3, 0.4) is 0 Å². The Balaban J connectivity index is 1.05. The van der Waals surface area contributed by atoms with Gasteiger partial charge in [-0.05, 0) is 78.7 Å². The SMILES string of the molecule is CNOSc1ccccc1Nc1cnc(Oc2ccc(C34CC5CC6CC(C3)C654)cc2Cl)cn1. The summed E-state index contributed by atoms with van der Waals surface area (Å²) in [5.41, 5.74) is 5.98. The standard InChI is InChI=1S/C26H25ClN4O2S/c1-28-33-34-22-5-3-2-4-20(22)31-23-13-30-24(14-29-23)32-21-7-6-15(10-19(21)27)25-11-17-8-16-9-18(12-25)26(16,17)25/h2-7,10,13-14,16-18,28H,8-9,11-12H2,1H3,(H,29,31). The molecule has 7 rings (SSSR count). The predicted octanol–water partition coefficient (Wildman–Crippen LogP) is 6.51. The number of nitrogens with one attached hydrogen (secondary N) is 2. The van der Waals surface area contributed by atoms with E-state index < -0.39 is 0 Å². The first-order chi connectivity index (χ1) is 16.6. The fraction of sp³-hybridized carbons (Fsp3) is 0.385. The average Bonchev–Trinajstić information content (AvgIpc) is 2.79. The van der Waals surface area contributed by atoms with Crippen LogP contribution in [0.25, 0.3) is 0 Å². The van der Waals surface area contributed by atoms with Crippen LogP contribution in [0.4, 0.5) is 11.5 Å². The van der Waals surface area contributed by atoms with Crippen LogP contribution in [-0.4, -0.2) is 17.0 Å². The third kappa shape index (κ3) is 2.72. The van der Waals surface area contributed by atoms with E-state index in [1.165, 1.54) is 43.3 Å². The van der Waals surface area contributed by atoms with Crippen LogP contribution in [0.1, 0.15) is 31.2 Å². The zero-order valence-corrected chi connectivity index (χ0v) is 20.3. The second kappa shape index (κ2) is 7.59. The summed E-state index contributed by atoms with van der Waals surface area (Å²) >= 11 is 7.91. The van der Waals surface area contributed by atoms with E-state index in [0.717, 1.165) is 28.3 Å². The number of anilines is 2. The van der Waals surface area contributed by atoms with Crippen LogP contribution in [0.15, 0.2) is 59.8 Å². The maximum Gasteiger partial charge on any atom is 0.238 e. The van der Waals surface area contributed by atoms with E-state index in [9.17, 15) is 0 Å². The van der Waals surface area contributed by atoms with Gasteiger partial charge in [0.25, 0.3) is 0 Å². The Morgan fingerprint density at radius 3 is 2.53 bits per heavy atom. The monoisotopic (exact) mass is 492 g/mol. The molecule has 4 aliphatic rings. The lowest BCUT2D eigenvalue weighted by Gasteiger charge is -2.91. The second-order valence-electron chi connectivity index (χ2n) is 9.96. The quantitative estimate of drug-likeness (QED) is 0.274. The number of halogens is 1. The molecule has 1 spiro atoms. The van der Waals surface area contributed by atoms with Gasteiger partial charge >= 0.3 is 0 Å². The lowest BCUT2D eigenvalue weighted by molar-refractivity contribution is -0.395. The summed E-state index contributed by atoms with van der Waals surface area (Å²) in [6.07, 6.45) is 8.87. The molecule has 1 aromatic heterocycles. The second-order valence-corrected chi connectivity index (χ2v) is 11.1. The van der Waals surface area contributed by atoms with E-state index in [1.807, 2.05) is 30.3 Å². The number of rotatable bonds is 8. The molecular formula is C26H25ClN4O2S. The van der Waals surface area contributed by atoms with E-state index in [1.54, 1.807) is 19.4 Å². The fourth-order valence-electron chi connectivity index (χ4n) is 7.71. The molecule has 1 heterocycles. The molecule has 2 N–H and O–H groups in total. The summed E-state index contributed by atoms with van der Waals surface area (Å²) in [5.74, 6) is 4.56.